The molecule has 0 aliphatic rings. The second kappa shape index (κ2) is 49.6. The third-order valence-electron chi connectivity index (χ3n) is 23.1. The maximum Gasteiger partial charge on any atom is 0.319 e. The highest BCUT2D eigenvalue weighted by Crippen LogP contribution is 2.43. The molecule has 0 saturated heterocycles. The molecular formula is C110H118N20O10. The van der Waals surface area contributed by atoms with E-state index >= 15 is 0 Å². The smallest absolute Gasteiger partial charge is 0.319 e. The van der Waals surface area contributed by atoms with Crippen LogP contribution in [0.2, 0.25) is 0 Å². The molecule has 30 nitrogen and oxygen atoms in total. The minimum absolute atomic E-state index is 0.0645. The van der Waals surface area contributed by atoms with Crippen LogP contribution in [0, 0.1) is 56.7 Å². The molecule has 0 spiro atoms. The number of nitrogens with zero attached hydrogens (tertiary/aromatic N) is 10. The van der Waals surface area contributed by atoms with Crippen molar-refractivity contribution in [1.29, 1.82) is 26.3 Å². The Morgan fingerprint density at radius 2 is 0.543 bits per heavy atom. The fraction of sp³-hybridized carbons (Fsp3) is 0.255. The van der Waals surface area contributed by atoms with E-state index in [1.807, 2.05) is 247 Å². The van der Waals surface area contributed by atoms with E-state index in [4.69, 9.17) is 23.7 Å². The maximum absolute atomic E-state index is 11.9. The molecule has 140 heavy (non-hydrogen) atoms. The van der Waals surface area contributed by atoms with Crippen LogP contribution in [0.1, 0.15) is 116 Å². The normalized spacial score (nSPS) is 10.5. The van der Waals surface area contributed by atoms with Crippen molar-refractivity contribution in [3.05, 3.63) is 253 Å². The lowest BCUT2D eigenvalue weighted by Gasteiger charge is -2.12. The molecule has 30 heteroatoms. The number of hydrogen-bond donors (Lipinski definition) is 10. The largest absolute Gasteiger partial charge is 0.497 e. The van der Waals surface area contributed by atoms with Gasteiger partial charge in [-0.1, -0.05) is 87.0 Å². The SMILES string of the molecule is C=CCNC(=O)Nc1ccc(-c2c(C#N)c3cc(OC)ccc3n2CC)cc1.CCCCNC(=O)Nc1ccc(-c2c(C#N)c3cc(OC)ccc3n2CC)cc1.CCCNC(=O)Nc1ccc(-c2c(C#N)c3cc(OC)ccc3n2CC)cc1.CCNC(=O)Nc1ccc(-c2c(C#N)c3cc(OC)ccc3n2CC)cc1.CCn1c(-c2ccc(NC(=O)NC(C)C)cc2)c(C#N)c2cc(OC)ccc21. The van der Waals surface area contributed by atoms with Gasteiger partial charge in [-0.05, 0) is 248 Å². The van der Waals surface area contributed by atoms with Gasteiger partial charge in [0.2, 0.25) is 0 Å². The number of benzene rings is 10. The summed E-state index contributed by atoms with van der Waals surface area (Å²) >= 11 is 0. The van der Waals surface area contributed by atoms with Crippen LogP contribution in [-0.4, -0.2) is 121 Å². The Labute approximate surface area is 815 Å². The summed E-state index contributed by atoms with van der Waals surface area (Å²) < 4.78 is 37.3. The second-order valence-electron chi connectivity index (χ2n) is 32.2. The first-order valence-corrected chi connectivity index (χ1v) is 46.4. The number of nitrogens with one attached hydrogen (secondary N) is 10. The number of aryl methyl sites for hydroxylation is 5. The summed E-state index contributed by atoms with van der Waals surface area (Å²) in [5.41, 5.74) is 20.5. The molecule has 0 unspecified atom stereocenters. The molecule has 0 radical (unpaired) electrons. The number of amides is 10. The zero-order chi connectivity index (χ0) is 101. The quantitative estimate of drug-likeness (QED) is 0.0154. The number of anilines is 5. The number of unbranched alkanes of at least 4 members (excludes halogenated alkanes) is 1. The molecule has 0 saturated carbocycles. The summed E-state index contributed by atoms with van der Waals surface area (Å²) in [6.45, 7) is 29.5. The lowest BCUT2D eigenvalue weighted by atomic mass is 10.1. The van der Waals surface area contributed by atoms with Gasteiger partial charge in [0.15, 0.2) is 0 Å². The number of fused-ring (bicyclic) bond motifs is 5. The first kappa shape index (κ1) is 103. The molecule has 0 bridgehead atoms. The molecular weight excluding hydrogens is 1760 g/mol. The molecule has 0 aliphatic carbocycles. The molecule has 10 aromatic carbocycles. The highest BCUT2D eigenvalue weighted by Gasteiger charge is 2.26. The van der Waals surface area contributed by atoms with Crippen LogP contribution in [0.3, 0.4) is 0 Å². The van der Waals surface area contributed by atoms with Crippen molar-refractivity contribution in [2.45, 2.75) is 127 Å². The van der Waals surface area contributed by atoms with Gasteiger partial charge < -0.3 is 99.7 Å². The summed E-state index contributed by atoms with van der Waals surface area (Å²) in [6.07, 6.45) is 4.49. The number of carbonyl (C=O) groups excluding carboxylic acids is 5. The van der Waals surface area contributed by atoms with Crippen molar-refractivity contribution in [3.8, 4) is 115 Å². The zero-order valence-electron chi connectivity index (χ0n) is 81.6. The molecule has 15 rings (SSSR count). The molecule has 5 aromatic heterocycles. The van der Waals surface area contributed by atoms with Crippen molar-refractivity contribution in [2.75, 3.05) is 88.3 Å². The van der Waals surface area contributed by atoms with Gasteiger partial charge in [-0.3, -0.25) is 0 Å². The Morgan fingerprint density at radius 3 is 0.743 bits per heavy atom. The average molecular weight is 1880 g/mol. The monoisotopic (exact) mass is 1880 g/mol. The van der Waals surface area contributed by atoms with E-state index in [1.54, 1.807) is 41.6 Å². The Hall–Kier alpha value is -17.6. The summed E-state index contributed by atoms with van der Waals surface area (Å²) in [4.78, 5) is 59.1. The van der Waals surface area contributed by atoms with Crippen LogP contribution in [0.5, 0.6) is 28.7 Å². The van der Waals surface area contributed by atoms with Crippen molar-refractivity contribution in [2.24, 2.45) is 0 Å². The molecule has 718 valence electrons. The highest BCUT2D eigenvalue weighted by atomic mass is 16.5. The summed E-state index contributed by atoms with van der Waals surface area (Å²) in [5, 5.41) is 81.3. The number of ether oxygens (including phenoxy) is 5. The highest BCUT2D eigenvalue weighted by molar-refractivity contribution is 6.02. The lowest BCUT2D eigenvalue weighted by molar-refractivity contribution is 0.249. The van der Waals surface area contributed by atoms with E-state index in [2.05, 4.69) is 148 Å². The Bertz CT molecular complexity index is 7170. The average Bonchev–Trinajstić information content (AvgIpc) is 1.63. The Morgan fingerprint density at radius 1 is 0.314 bits per heavy atom. The van der Waals surface area contributed by atoms with Gasteiger partial charge in [0.05, 0.1) is 119 Å². The number of nitriles is 5. The number of hydrogen-bond acceptors (Lipinski definition) is 15. The number of methoxy groups -OCH3 is 5. The van der Waals surface area contributed by atoms with E-state index in [-0.39, 0.29) is 36.2 Å². The van der Waals surface area contributed by atoms with E-state index in [0.29, 0.717) is 88.2 Å². The third-order valence-corrected chi connectivity index (χ3v) is 23.1. The fourth-order valence-corrected chi connectivity index (χ4v) is 16.6. The lowest BCUT2D eigenvalue weighted by Crippen LogP contribution is -2.34. The van der Waals surface area contributed by atoms with Crippen LogP contribution in [0.15, 0.2) is 225 Å². The van der Waals surface area contributed by atoms with E-state index in [0.717, 1.165) is 186 Å². The number of carbonyl (C=O) groups is 5. The molecule has 10 amide bonds. The minimum Gasteiger partial charge on any atom is -0.497 e. The molecule has 5 heterocycles. The van der Waals surface area contributed by atoms with Crippen LogP contribution >= 0.6 is 0 Å². The van der Waals surface area contributed by atoms with Gasteiger partial charge in [-0.2, -0.15) is 26.3 Å². The van der Waals surface area contributed by atoms with E-state index < -0.39 is 0 Å². The van der Waals surface area contributed by atoms with Gasteiger partial charge in [0, 0.05) is 120 Å². The van der Waals surface area contributed by atoms with Gasteiger partial charge in [0.1, 0.15) is 59.1 Å². The van der Waals surface area contributed by atoms with Crippen LogP contribution < -0.4 is 76.9 Å². The predicted octanol–water partition coefficient (Wildman–Crippen LogP) is 23.5. The van der Waals surface area contributed by atoms with Crippen LogP contribution in [-0.2, 0) is 32.7 Å². The summed E-state index contributed by atoms with van der Waals surface area (Å²) in [5.74, 6) is 3.61. The van der Waals surface area contributed by atoms with Crippen molar-refractivity contribution < 1.29 is 47.7 Å². The Balaban J connectivity index is 0.000000167. The van der Waals surface area contributed by atoms with Crippen molar-refractivity contribution in [1.82, 2.24) is 49.4 Å². The first-order chi connectivity index (χ1) is 68.0. The summed E-state index contributed by atoms with van der Waals surface area (Å²) in [7, 11) is 8.09. The maximum atomic E-state index is 11.9. The summed E-state index contributed by atoms with van der Waals surface area (Å²) in [6, 6.07) is 77.1. The molecule has 0 fully saturated rings. The predicted molar refractivity (Wildman–Crippen MR) is 558 cm³/mol. The Kier molecular flexibility index (Phi) is 36.5. The van der Waals surface area contributed by atoms with Gasteiger partial charge >= 0.3 is 30.2 Å². The molecule has 10 N–H and O–H groups in total. The number of rotatable bonds is 29. The van der Waals surface area contributed by atoms with E-state index in [1.165, 1.54) is 0 Å². The standard InChI is InChI=1S/C23H26N4O2.2C22H24N4O2.C22H22N4O2.C21H22N4O2/c1-4-6-13-25-23(28)26-17-9-7-16(8-10-17)22-20(15-24)19-14-18(29-3)11-12-21(19)27(22)5-2;1-5-26-20-11-10-17(28-4)12-18(20)19(13-23)21(26)15-6-8-16(9-7-15)25-22(27)24-14(2)3;2*1-4-12-24-22(27)25-16-8-6-15(7-9-16)21-19(14-23)18-13-17(28-3)10-11-20(18)26(21)5-2;1-4-23-21(26)24-15-8-6-14(7-9-15)20-18(13-22)17-12-16(27-3)10-11-19(17)25(20)5-2/h7-12,14H,4-6,13H2,1-3H3,(H2,25,26,28);6-12,14H,5H2,1-4H3,(H2,24,25,27);6-11,13H,4-5,12H2,1-3H3,(H2,24,25,27);4,6-11,13H,1,5,12H2,2-3H3,(H2,24,25,27);6-12H,4-5H2,1-3H3,(H2,23,24,26). The number of urea groups is 5. The first-order valence-electron chi connectivity index (χ1n) is 46.4. The minimum atomic E-state index is -0.292. The molecule has 0 aliphatic heterocycles. The zero-order valence-corrected chi connectivity index (χ0v) is 81.6. The molecule has 0 atom stereocenters. The second-order valence-corrected chi connectivity index (χ2v) is 32.2. The number of aromatic nitrogens is 5. The fourth-order valence-electron chi connectivity index (χ4n) is 16.6. The van der Waals surface area contributed by atoms with Gasteiger partial charge in [0.25, 0.3) is 0 Å². The van der Waals surface area contributed by atoms with E-state index in [9.17, 15) is 50.3 Å². The van der Waals surface area contributed by atoms with Gasteiger partial charge in [-0.25, -0.2) is 24.0 Å². The topological polar surface area (TPSA) is 395 Å². The molecule has 15 aromatic rings. The van der Waals surface area contributed by atoms with Crippen molar-refractivity contribution in [3.63, 3.8) is 0 Å². The third kappa shape index (κ3) is 24.0. The van der Waals surface area contributed by atoms with Crippen LogP contribution in [0.25, 0.3) is 111 Å². The van der Waals surface area contributed by atoms with Crippen LogP contribution in [0.4, 0.5) is 52.4 Å². The van der Waals surface area contributed by atoms with Gasteiger partial charge in [-0.15, -0.1) is 6.58 Å². The van der Waals surface area contributed by atoms with Crippen molar-refractivity contribution >= 4 is 113 Å².